The molecule has 6 rings (SSSR count). The number of rotatable bonds is 11. The number of β-amino-alcohol motifs (C(OH)–C–C–N with tert-alkyl or cyclic N) is 1. The van der Waals surface area contributed by atoms with Crippen LogP contribution in [0, 0.1) is 23.7 Å². The average Bonchev–Trinajstić information content (AvgIpc) is 4.00. The van der Waals surface area contributed by atoms with E-state index in [1.165, 1.54) is 14.2 Å². The summed E-state index contributed by atoms with van der Waals surface area (Å²) in [6.45, 7) is 8.34. The molecule has 2 fully saturated rings. The van der Waals surface area contributed by atoms with E-state index < -0.39 is 30.3 Å². The first-order valence-corrected chi connectivity index (χ1v) is 18.5. The van der Waals surface area contributed by atoms with E-state index in [0.717, 1.165) is 52.7 Å². The highest BCUT2D eigenvalue weighted by Crippen LogP contribution is 2.34. The van der Waals surface area contributed by atoms with Gasteiger partial charge in [0.2, 0.25) is 18.2 Å². The lowest BCUT2D eigenvalue weighted by atomic mass is 10.0. The number of aliphatic hydroxyl groups excluding tert-OH is 1. The van der Waals surface area contributed by atoms with Gasteiger partial charge in [0.25, 0.3) is 0 Å². The number of hydrogen-bond acceptors (Lipinski definition) is 10. The van der Waals surface area contributed by atoms with Gasteiger partial charge in [-0.2, -0.15) is 58.9 Å². The van der Waals surface area contributed by atoms with Crippen LogP contribution in [0.1, 0.15) is 89.2 Å². The van der Waals surface area contributed by atoms with Crippen LogP contribution in [0.15, 0.2) is 53.7 Å². The van der Waals surface area contributed by atoms with Gasteiger partial charge in [-0.15, -0.1) is 0 Å². The molecule has 4 N–H and O–H groups in total. The van der Waals surface area contributed by atoms with Crippen LogP contribution in [0.3, 0.4) is 0 Å². The highest BCUT2D eigenvalue weighted by Gasteiger charge is 2.41. The Labute approximate surface area is 379 Å². The monoisotopic (exact) mass is 904 g/mol. The zero-order valence-corrected chi connectivity index (χ0v) is 37.9. The first-order chi connectivity index (χ1) is 26.5. The molecule has 0 unspecified atom stereocenters. The summed E-state index contributed by atoms with van der Waals surface area (Å²) >= 11 is 0. The predicted octanol–water partition coefficient (Wildman–Crippen LogP) is 5.75. The summed E-state index contributed by atoms with van der Waals surface area (Å²) in [6.07, 6.45) is 3.52. The summed E-state index contributed by atoms with van der Waals surface area (Å²) in [5, 5.41) is 13.2. The van der Waals surface area contributed by atoms with E-state index in [4.69, 9.17) is 14.6 Å². The van der Waals surface area contributed by atoms with Crippen molar-refractivity contribution in [2.24, 2.45) is 16.8 Å². The number of ether oxygens (including phenoxy) is 1. The first-order valence-electron chi connectivity index (χ1n) is 18.5. The minimum absolute atomic E-state index is 0. The number of nitrogens with zero attached hydrogens (tertiary/aromatic N) is 5. The molecule has 0 bridgehead atoms. The summed E-state index contributed by atoms with van der Waals surface area (Å²) in [4.78, 5) is 72.2. The number of hydrogen-bond donors (Lipinski definition) is 4. The van der Waals surface area contributed by atoms with Crippen molar-refractivity contribution in [1.29, 1.82) is 0 Å². The first kappa shape index (κ1) is 53.7. The van der Waals surface area contributed by atoms with E-state index >= 15 is 0 Å². The SMILES string of the molecule is C.COOC=N[C@H](C(=O)N1C[C@H](O)C[C@H]1c1nc2ccc(C#Cc3ccc(-c4cnc([C@@H]5CCCN5C(=O)[C@@H](NC(=O)OC)C(C)C)[nH]4)cc3)cc2[nH]1)C(C)C.S.S.S.S. The molecule has 4 heterocycles. The molecule has 0 saturated carbocycles. The number of methoxy groups -OCH3 is 1. The second-order valence-corrected chi connectivity index (χ2v) is 14.5. The number of H-pyrrole nitrogens is 2. The lowest BCUT2D eigenvalue weighted by molar-refractivity contribution is -0.188. The molecule has 2 aliphatic rings. The zero-order chi connectivity index (χ0) is 39.2. The number of aromatic amines is 2. The minimum atomic E-state index is -0.706. The van der Waals surface area contributed by atoms with Gasteiger partial charge in [-0.3, -0.25) is 9.59 Å². The van der Waals surface area contributed by atoms with Crippen LogP contribution >= 0.6 is 54.0 Å². The molecule has 0 aliphatic carbocycles. The van der Waals surface area contributed by atoms with Crippen molar-refractivity contribution in [3.05, 3.63) is 71.4 Å². The number of amides is 3. The molecule has 2 aliphatic heterocycles. The van der Waals surface area contributed by atoms with Gasteiger partial charge in [-0.05, 0) is 60.6 Å². The van der Waals surface area contributed by atoms with Gasteiger partial charge in [0.05, 0.1) is 55.3 Å². The van der Waals surface area contributed by atoms with Crippen LogP contribution in [0.25, 0.3) is 22.3 Å². The van der Waals surface area contributed by atoms with Gasteiger partial charge in [-0.1, -0.05) is 59.1 Å². The summed E-state index contributed by atoms with van der Waals surface area (Å²) < 4.78 is 4.74. The lowest BCUT2D eigenvalue weighted by Crippen LogP contribution is -2.51. The Hall–Kier alpha value is -4.32. The second kappa shape index (κ2) is 24.2. The van der Waals surface area contributed by atoms with Gasteiger partial charge < -0.3 is 39.8 Å². The Morgan fingerprint density at radius 3 is 2.25 bits per heavy atom. The predicted molar refractivity (Wildman–Crippen MR) is 252 cm³/mol. The van der Waals surface area contributed by atoms with E-state index in [1.54, 1.807) is 16.0 Å². The Bertz CT molecular complexity index is 2100. The number of aliphatic hydroxyl groups is 1. The number of likely N-dealkylation sites (tertiary alicyclic amines) is 2. The topological polar surface area (TPSA) is 187 Å². The molecule has 3 amide bonds. The fourth-order valence-corrected chi connectivity index (χ4v) is 7.13. The third-order valence-electron chi connectivity index (χ3n) is 10.0. The van der Waals surface area contributed by atoms with Crippen molar-refractivity contribution in [2.75, 3.05) is 27.3 Å². The van der Waals surface area contributed by atoms with Gasteiger partial charge >= 0.3 is 6.09 Å². The van der Waals surface area contributed by atoms with Crippen LogP contribution in [0.5, 0.6) is 0 Å². The Morgan fingerprint density at radius 1 is 0.917 bits per heavy atom. The number of benzene rings is 2. The van der Waals surface area contributed by atoms with Gasteiger partial charge in [-0.25, -0.2) is 19.8 Å². The standard InChI is InChI=1S/C40H48N8O7.CH4.4H2S/c1-23(2)34(42-22-55-54-6)38(50)48-21-28(49)19-33(48)37-43-29-16-13-26(18-30(29)44-37)10-9-25-11-14-27(15-12-25)31-20-41-36(45-31)32-8-7-17-47(32)39(51)35(24(3)4)46-40(52)53-5;;;;;/h11-16,18,20,22-24,28,32-35,49H,7-8,17,19,21H2,1-6H3,(H,41,45)(H,43,44)(H,46,52);1H4;4*1H2/t28-,32+,33+,34+,35+;;;;;/m1...../s1. The quantitative estimate of drug-likeness (QED) is 0.0478. The number of nitrogens with one attached hydrogen (secondary N) is 3. The van der Waals surface area contributed by atoms with Crippen molar-refractivity contribution in [2.45, 2.75) is 84.7 Å². The molecule has 2 aromatic carbocycles. The van der Waals surface area contributed by atoms with Crippen molar-refractivity contribution < 1.29 is 34.0 Å². The number of alkyl carbamates (subject to hydrolysis) is 1. The number of carbonyl (C=O) groups is 3. The van der Waals surface area contributed by atoms with Crippen molar-refractivity contribution in [3.63, 3.8) is 0 Å². The van der Waals surface area contributed by atoms with Crippen molar-refractivity contribution in [1.82, 2.24) is 35.1 Å². The highest BCUT2D eigenvalue weighted by atomic mass is 32.1. The second-order valence-electron chi connectivity index (χ2n) is 14.5. The lowest BCUT2D eigenvalue weighted by Gasteiger charge is -2.30. The van der Waals surface area contributed by atoms with Gasteiger partial charge in [0, 0.05) is 30.6 Å². The molecular weight excluding hydrogens is 845 g/mol. The molecule has 330 valence electrons. The molecule has 2 aromatic heterocycles. The minimum Gasteiger partial charge on any atom is -0.453 e. The average molecular weight is 905 g/mol. The maximum Gasteiger partial charge on any atom is 0.407 e. The van der Waals surface area contributed by atoms with Crippen LogP contribution in [0.4, 0.5) is 4.79 Å². The number of carbonyl (C=O) groups excluding carboxylic acids is 3. The number of imidazole rings is 2. The maximum atomic E-state index is 13.6. The van der Waals surface area contributed by atoms with Crippen molar-refractivity contribution in [3.8, 4) is 23.1 Å². The molecule has 0 radical (unpaired) electrons. The largest absolute Gasteiger partial charge is 0.453 e. The van der Waals surface area contributed by atoms with Crippen LogP contribution < -0.4 is 5.32 Å². The number of fused-ring (bicyclic) bond motifs is 1. The van der Waals surface area contributed by atoms with Crippen LogP contribution in [-0.4, -0.2) is 105 Å². The Kier molecular flexibility index (Phi) is 21.7. The molecular formula is C41H60N8O7S4. The number of aliphatic imine (C=N–C) groups is 1. The molecule has 5 atom stereocenters. The zero-order valence-electron chi connectivity index (χ0n) is 33.9. The molecule has 2 saturated heterocycles. The summed E-state index contributed by atoms with van der Waals surface area (Å²) in [5.74, 6) is 7.16. The normalized spacial score (nSPS) is 17.9. The van der Waals surface area contributed by atoms with E-state index in [-0.39, 0.29) is 97.6 Å². The van der Waals surface area contributed by atoms with Gasteiger partial charge in [0.15, 0.2) is 0 Å². The van der Waals surface area contributed by atoms with E-state index in [0.29, 0.717) is 24.6 Å². The van der Waals surface area contributed by atoms with Crippen LogP contribution in [-0.2, 0) is 24.1 Å². The highest BCUT2D eigenvalue weighted by molar-refractivity contribution is 7.59. The fraction of sp³-hybridized carbons (Fsp3) is 0.463. The van der Waals surface area contributed by atoms with E-state index in [1.807, 2.05) is 70.2 Å². The smallest absolute Gasteiger partial charge is 0.407 e. The number of aromatic nitrogens is 4. The Balaban J connectivity index is 0.00000360. The van der Waals surface area contributed by atoms with Crippen LogP contribution in [0.2, 0.25) is 0 Å². The third-order valence-corrected chi connectivity index (χ3v) is 10.0. The van der Waals surface area contributed by atoms with E-state index in [9.17, 15) is 19.5 Å². The molecule has 19 heteroatoms. The van der Waals surface area contributed by atoms with Gasteiger partial charge in [0.1, 0.15) is 23.7 Å². The summed E-state index contributed by atoms with van der Waals surface area (Å²) in [7, 11) is 2.64. The van der Waals surface area contributed by atoms with E-state index in [2.05, 4.69) is 42.0 Å². The molecule has 0 spiro atoms. The summed E-state index contributed by atoms with van der Waals surface area (Å²) in [6, 6.07) is 11.5. The summed E-state index contributed by atoms with van der Waals surface area (Å²) in [5.41, 5.74) is 4.87. The third kappa shape index (κ3) is 12.4. The molecule has 4 aromatic rings. The maximum absolute atomic E-state index is 13.6. The Morgan fingerprint density at radius 2 is 1.60 bits per heavy atom. The fourth-order valence-electron chi connectivity index (χ4n) is 7.13. The molecule has 60 heavy (non-hydrogen) atoms. The van der Waals surface area contributed by atoms with Crippen molar-refractivity contribution >= 4 is 89.3 Å². The molecule has 15 nitrogen and oxygen atoms in total.